The van der Waals surface area contributed by atoms with E-state index in [1.54, 1.807) is 11.3 Å². The van der Waals surface area contributed by atoms with Crippen molar-refractivity contribution in [3.63, 3.8) is 0 Å². The summed E-state index contributed by atoms with van der Waals surface area (Å²) in [4.78, 5) is 10.6. The highest BCUT2D eigenvalue weighted by Crippen LogP contribution is 2.28. The number of aryl methyl sites for hydroxylation is 2. The lowest BCUT2D eigenvalue weighted by molar-refractivity contribution is 0.419. The van der Waals surface area contributed by atoms with Crippen LogP contribution < -0.4 is 10.6 Å². The van der Waals surface area contributed by atoms with E-state index < -0.39 is 0 Å². The molecule has 2 atom stereocenters. The van der Waals surface area contributed by atoms with Crippen LogP contribution in [0.25, 0.3) is 0 Å². The molecule has 1 heterocycles. The Morgan fingerprint density at radius 3 is 2.75 bits per heavy atom. The van der Waals surface area contributed by atoms with Gasteiger partial charge in [-0.1, -0.05) is 13.3 Å². The van der Waals surface area contributed by atoms with Crippen LogP contribution >= 0.6 is 47.1 Å². The summed E-state index contributed by atoms with van der Waals surface area (Å²) >= 11 is 3.85. The van der Waals surface area contributed by atoms with Crippen molar-refractivity contribution in [2.24, 2.45) is 4.99 Å². The zero-order chi connectivity index (χ0) is 16.7. The van der Waals surface area contributed by atoms with Gasteiger partial charge in [-0.3, -0.25) is 0 Å². The number of guanidine groups is 1. The molecule has 24 heavy (non-hydrogen) atoms. The molecule has 1 aliphatic rings. The minimum Gasteiger partial charge on any atom is -0.357 e. The van der Waals surface area contributed by atoms with Crippen molar-refractivity contribution in [1.29, 1.82) is 0 Å². The third-order valence-corrected chi connectivity index (χ3v) is 6.45. The number of rotatable bonds is 6. The van der Waals surface area contributed by atoms with Gasteiger partial charge in [-0.15, -0.1) is 35.3 Å². The second-order valence-electron chi connectivity index (χ2n) is 6.03. The highest BCUT2D eigenvalue weighted by molar-refractivity contribution is 14.0. The summed E-state index contributed by atoms with van der Waals surface area (Å²) in [5.41, 5.74) is 1.13. The minimum absolute atomic E-state index is 0. The van der Waals surface area contributed by atoms with E-state index in [1.807, 2.05) is 0 Å². The topological polar surface area (TPSA) is 49.3 Å². The van der Waals surface area contributed by atoms with Crippen molar-refractivity contribution in [1.82, 2.24) is 15.6 Å². The molecule has 1 aromatic heterocycles. The van der Waals surface area contributed by atoms with Crippen LogP contribution in [0.3, 0.4) is 0 Å². The number of thioether (sulfide) groups is 1. The van der Waals surface area contributed by atoms with Crippen LogP contribution in [0.5, 0.6) is 0 Å². The van der Waals surface area contributed by atoms with Crippen molar-refractivity contribution < 1.29 is 0 Å². The van der Waals surface area contributed by atoms with Crippen LogP contribution in [-0.2, 0) is 6.54 Å². The van der Waals surface area contributed by atoms with Gasteiger partial charge < -0.3 is 10.6 Å². The van der Waals surface area contributed by atoms with Gasteiger partial charge in [-0.05, 0) is 45.8 Å². The second kappa shape index (κ2) is 11.6. The van der Waals surface area contributed by atoms with Crippen molar-refractivity contribution in [2.45, 2.75) is 71.2 Å². The average molecular weight is 483 g/mol. The van der Waals surface area contributed by atoms with Crippen molar-refractivity contribution in [3.8, 4) is 0 Å². The van der Waals surface area contributed by atoms with E-state index in [0.29, 0.717) is 12.6 Å². The summed E-state index contributed by atoms with van der Waals surface area (Å²) in [7, 11) is 0. The Balaban J connectivity index is 0.00000288. The lowest BCUT2D eigenvalue weighted by atomic mass is 9.95. The van der Waals surface area contributed by atoms with Gasteiger partial charge in [0.05, 0.1) is 12.2 Å². The third-order valence-electron chi connectivity index (χ3n) is 4.16. The van der Waals surface area contributed by atoms with Crippen LogP contribution in [0, 0.1) is 13.8 Å². The quantitative estimate of drug-likeness (QED) is 0.356. The number of hydrogen-bond donors (Lipinski definition) is 2. The number of hydrogen-bond acceptors (Lipinski definition) is 4. The molecule has 7 heteroatoms. The van der Waals surface area contributed by atoms with E-state index in [9.17, 15) is 0 Å². The largest absolute Gasteiger partial charge is 0.357 e. The standard InChI is InChI=1S/C17H30N4S2.HI/c1-5-18-17(19-11-16-20-12(3)13(4)23-16)21-14-8-7-9-15(10-14)22-6-2;/h14-15H,5-11H2,1-4H3,(H2,18,19,21);1H. The number of halogens is 1. The molecular weight excluding hydrogens is 451 g/mol. The molecule has 2 unspecified atom stereocenters. The molecule has 138 valence electrons. The maximum atomic E-state index is 4.74. The van der Waals surface area contributed by atoms with E-state index in [4.69, 9.17) is 4.99 Å². The fourth-order valence-corrected chi connectivity index (χ4v) is 4.96. The summed E-state index contributed by atoms with van der Waals surface area (Å²) < 4.78 is 0. The fraction of sp³-hybridized carbons (Fsp3) is 0.765. The first kappa shape index (κ1) is 22.0. The van der Waals surface area contributed by atoms with Gasteiger partial charge in [0.2, 0.25) is 0 Å². The highest BCUT2D eigenvalue weighted by Gasteiger charge is 2.22. The predicted molar refractivity (Wildman–Crippen MR) is 119 cm³/mol. The smallest absolute Gasteiger partial charge is 0.191 e. The first-order valence-corrected chi connectivity index (χ1v) is 10.6. The van der Waals surface area contributed by atoms with Crippen LogP contribution in [0.15, 0.2) is 4.99 Å². The van der Waals surface area contributed by atoms with Crippen LogP contribution in [0.2, 0.25) is 0 Å². The van der Waals surface area contributed by atoms with E-state index >= 15 is 0 Å². The van der Waals surface area contributed by atoms with Gasteiger partial charge in [0.15, 0.2) is 5.96 Å². The Kier molecular flexibility index (Phi) is 10.6. The maximum absolute atomic E-state index is 4.74. The summed E-state index contributed by atoms with van der Waals surface area (Å²) in [6.07, 6.45) is 5.18. The number of nitrogens with one attached hydrogen (secondary N) is 2. The Labute approximate surface area is 172 Å². The van der Waals surface area contributed by atoms with E-state index in [1.165, 1.54) is 36.3 Å². The minimum atomic E-state index is 0. The summed E-state index contributed by atoms with van der Waals surface area (Å²) in [6.45, 7) is 10.1. The summed E-state index contributed by atoms with van der Waals surface area (Å²) in [5.74, 6) is 2.15. The Morgan fingerprint density at radius 2 is 2.12 bits per heavy atom. The van der Waals surface area contributed by atoms with Crippen LogP contribution in [-0.4, -0.2) is 34.5 Å². The average Bonchev–Trinajstić information content (AvgIpc) is 2.84. The molecule has 0 saturated heterocycles. The van der Waals surface area contributed by atoms with Gasteiger partial charge >= 0.3 is 0 Å². The molecule has 0 radical (unpaired) electrons. The molecule has 1 aliphatic carbocycles. The Bertz CT molecular complexity index is 497. The summed E-state index contributed by atoms with van der Waals surface area (Å²) in [6, 6.07) is 0.547. The molecule has 0 bridgehead atoms. The first-order valence-electron chi connectivity index (χ1n) is 8.71. The third kappa shape index (κ3) is 7.07. The van der Waals surface area contributed by atoms with Gasteiger partial charge in [-0.25, -0.2) is 9.98 Å². The Hall–Kier alpha value is -0.0200. The molecule has 0 spiro atoms. The fourth-order valence-electron chi connectivity index (χ4n) is 2.93. The second-order valence-corrected chi connectivity index (χ2v) is 8.89. The molecule has 1 aromatic rings. The molecule has 0 aliphatic heterocycles. The monoisotopic (exact) mass is 482 g/mol. The lowest BCUT2D eigenvalue weighted by Gasteiger charge is -2.30. The number of aliphatic imine (C=N–C) groups is 1. The molecule has 2 rings (SSSR count). The first-order chi connectivity index (χ1) is 11.1. The van der Waals surface area contributed by atoms with E-state index in [-0.39, 0.29) is 24.0 Å². The molecule has 1 fully saturated rings. The summed E-state index contributed by atoms with van der Waals surface area (Å²) in [5, 5.41) is 8.92. The normalized spacial score (nSPS) is 21.2. The molecule has 2 N–H and O–H groups in total. The highest BCUT2D eigenvalue weighted by atomic mass is 127. The predicted octanol–water partition coefficient (Wildman–Crippen LogP) is 4.50. The van der Waals surface area contributed by atoms with Crippen LogP contribution in [0.4, 0.5) is 0 Å². The zero-order valence-electron chi connectivity index (χ0n) is 15.2. The molecule has 4 nitrogen and oxygen atoms in total. The molecule has 0 aromatic carbocycles. The van der Waals surface area contributed by atoms with Crippen molar-refractivity contribution in [3.05, 3.63) is 15.6 Å². The van der Waals surface area contributed by atoms with Gasteiger partial charge in [-0.2, -0.15) is 11.8 Å². The van der Waals surface area contributed by atoms with Crippen molar-refractivity contribution in [2.75, 3.05) is 12.3 Å². The maximum Gasteiger partial charge on any atom is 0.191 e. The Morgan fingerprint density at radius 1 is 1.33 bits per heavy atom. The molecular formula is C17H31IN4S2. The van der Waals surface area contributed by atoms with Crippen LogP contribution in [0.1, 0.15) is 55.1 Å². The zero-order valence-corrected chi connectivity index (χ0v) is 19.2. The van der Waals surface area contributed by atoms with E-state index in [2.05, 4.69) is 55.1 Å². The molecule has 1 saturated carbocycles. The lowest BCUT2D eigenvalue weighted by Crippen LogP contribution is -2.45. The van der Waals surface area contributed by atoms with Crippen molar-refractivity contribution >= 4 is 53.0 Å². The SMILES string of the molecule is CCNC(=NCc1nc(C)c(C)s1)NC1CCCC(SCC)C1.I. The molecule has 0 amide bonds. The number of nitrogens with zero attached hydrogens (tertiary/aromatic N) is 2. The van der Waals surface area contributed by atoms with E-state index in [0.717, 1.165) is 28.5 Å². The number of thiazole rings is 1. The van der Waals surface area contributed by atoms with Gasteiger partial charge in [0.25, 0.3) is 0 Å². The van der Waals surface area contributed by atoms with Gasteiger partial charge in [0, 0.05) is 22.7 Å². The van der Waals surface area contributed by atoms with Gasteiger partial charge in [0.1, 0.15) is 5.01 Å². The number of aromatic nitrogens is 1.